The molecule has 20 heavy (non-hydrogen) atoms. The zero-order chi connectivity index (χ0) is 14.0. The highest BCUT2D eigenvalue weighted by atomic mass is 16.3. The Hall–Kier alpha value is -1.06. The fourth-order valence-corrected chi connectivity index (χ4v) is 3.82. The van der Waals surface area contributed by atoms with Gasteiger partial charge >= 0.3 is 0 Å². The van der Waals surface area contributed by atoms with E-state index in [1.807, 2.05) is 7.05 Å². The van der Waals surface area contributed by atoms with E-state index < -0.39 is 5.60 Å². The molecule has 1 heterocycles. The van der Waals surface area contributed by atoms with Gasteiger partial charge in [0, 0.05) is 24.8 Å². The lowest BCUT2D eigenvalue weighted by Crippen LogP contribution is -2.47. The molecular weight excluding hydrogens is 248 g/mol. The lowest BCUT2D eigenvalue weighted by molar-refractivity contribution is 0.0106. The highest BCUT2D eigenvalue weighted by Crippen LogP contribution is 2.36. The van der Waals surface area contributed by atoms with Crippen molar-refractivity contribution in [3.8, 4) is 0 Å². The molecule has 1 unspecified atom stereocenters. The Morgan fingerprint density at radius 2 is 2.00 bits per heavy atom. The third kappa shape index (κ3) is 2.70. The topological polar surface area (TPSA) is 35.5 Å². The maximum Gasteiger partial charge on any atom is 0.0821 e. The van der Waals surface area contributed by atoms with Crippen LogP contribution in [-0.2, 0) is 0 Å². The molecule has 3 nitrogen and oxygen atoms in total. The Morgan fingerprint density at radius 1 is 1.25 bits per heavy atom. The van der Waals surface area contributed by atoms with Crippen molar-refractivity contribution in [3.05, 3.63) is 29.8 Å². The van der Waals surface area contributed by atoms with E-state index in [0.717, 1.165) is 32.4 Å². The molecule has 0 spiro atoms. The summed E-state index contributed by atoms with van der Waals surface area (Å²) >= 11 is 0. The fourth-order valence-electron chi connectivity index (χ4n) is 3.82. The minimum atomic E-state index is -0.474. The minimum Gasteiger partial charge on any atom is -0.388 e. The zero-order valence-electron chi connectivity index (χ0n) is 12.4. The fraction of sp³-hybridized carbons (Fsp3) is 0.647. The Balaban J connectivity index is 1.81. The van der Waals surface area contributed by atoms with Gasteiger partial charge in [0.15, 0.2) is 0 Å². The van der Waals surface area contributed by atoms with Crippen molar-refractivity contribution in [2.45, 2.75) is 50.2 Å². The van der Waals surface area contributed by atoms with Crippen LogP contribution in [0.15, 0.2) is 24.3 Å². The quantitative estimate of drug-likeness (QED) is 0.889. The Labute approximate surface area is 122 Å². The summed E-state index contributed by atoms with van der Waals surface area (Å²) in [5.74, 6) is 0. The van der Waals surface area contributed by atoms with Crippen molar-refractivity contribution in [2.75, 3.05) is 25.0 Å². The summed E-state index contributed by atoms with van der Waals surface area (Å²) in [6.45, 7) is 1.82. The van der Waals surface area contributed by atoms with Gasteiger partial charge in [-0.05, 0) is 37.9 Å². The second-order valence-electron chi connectivity index (χ2n) is 6.40. The van der Waals surface area contributed by atoms with E-state index in [1.54, 1.807) is 0 Å². The number of rotatable bonds is 3. The number of para-hydroxylation sites is 1. The summed E-state index contributed by atoms with van der Waals surface area (Å²) in [7, 11) is 2.03. The van der Waals surface area contributed by atoms with Gasteiger partial charge in [0.2, 0.25) is 0 Å². The van der Waals surface area contributed by atoms with E-state index in [0.29, 0.717) is 6.04 Å². The molecule has 1 aromatic carbocycles. The maximum atomic E-state index is 10.8. The summed E-state index contributed by atoms with van der Waals surface area (Å²) < 4.78 is 0. The third-order valence-corrected chi connectivity index (χ3v) is 4.96. The van der Waals surface area contributed by atoms with Crippen molar-refractivity contribution in [3.63, 3.8) is 0 Å². The van der Waals surface area contributed by atoms with Gasteiger partial charge in [-0.3, -0.25) is 0 Å². The monoisotopic (exact) mass is 274 g/mol. The molecule has 110 valence electrons. The molecule has 1 aromatic rings. The minimum absolute atomic E-state index is 0.448. The molecule has 1 aliphatic carbocycles. The van der Waals surface area contributed by atoms with Crippen molar-refractivity contribution in [1.82, 2.24) is 5.32 Å². The van der Waals surface area contributed by atoms with E-state index in [9.17, 15) is 5.11 Å². The van der Waals surface area contributed by atoms with Crippen LogP contribution in [0.1, 0.15) is 50.1 Å². The summed E-state index contributed by atoms with van der Waals surface area (Å²) in [4.78, 5) is 2.40. The SMILES string of the molecule is CNC1CCN(CC2(O)CCCCC2)c2ccccc21. The van der Waals surface area contributed by atoms with E-state index in [1.165, 1.54) is 30.5 Å². The lowest BCUT2D eigenvalue weighted by Gasteiger charge is -2.42. The maximum absolute atomic E-state index is 10.8. The standard InChI is InChI=1S/C17H26N2O/c1-18-15-9-12-19(16-8-4-3-7-14(15)16)13-17(20)10-5-2-6-11-17/h3-4,7-8,15,18,20H,2,5-6,9-13H2,1H3. The lowest BCUT2D eigenvalue weighted by atomic mass is 9.83. The molecule has 0 amide bonds. The first-order valence-corrected chi connectivity index (χ1v) is 7.95. The van der Waals surface area contributed by atoms with Crippen LogP contribution in [0.2, 0.25) is 0 Å². The van der Waals surface area contributed by atoms with Crippen LogP contribution < -0.4 is 10.2 Å². The van der Waals surface area contributed by atoms with Crippen molar-refractivity contribution >= 4 is 5.69 Å². The molecule has 3 rings (SSSR count). The molecule has 1 atom stereocenters. The highest BCUT2D eigenvalue weighted by molar-refractivity contribution is 5.57. The number of hydrogen-bond donors (Lipinski definition) is 2. The van der Waals surface area contributed by atoms with Crippen molar-refractivity contribution < 1.29 is 5.11 Å². The normalized spacial score (nSPS) is 25.3. The van der Waals surface area contributed by atoms with Gasteiger partial charge in [-0.1, -0.05) is 37.5 Å². The first-order chi connectivity index (χ1) is 9.72. The number of β-amino-alcohol motifs (C(OH)–C–C–N with tert-alkyl or cyclic N) is 1. The highest BCUT2D eigenvalue weighted by Gasteiger charge is 2.34. The van der Waals surface area contributed by atoms with Crippen molar-refractivity contribution in [1.29, 1.82) is 0 Å². The molecular formula is C17H26N2O. The number of aliphatic hydroxyl groups is 1. The average molecular weight is 274 g/mol. The predicted molar refractivity (Wildman–Crippen MR) is 83.1 cm³/mol. The van der Waals surface area contributed by atoms with Gasteiger partial charge in [-0.25, -0.2) is 0 Å². The molecule has 0 radical (unpaired) electrons. The van der Waals surface area contributed by atoms with Gasteiger partial charge in [0.1, 0.15) is 0 Å². The molecule has 2 N–H and O–H groups in total. The predicted octanol–water partition coefficient (Wildman–Crippen LogP) is 2.85. The zero-order valence-corrected chi connectivity index (χ0v) is 12.4. The molecule has 1 saturated carbocycles. The Kier molecular flexibility index (Phi) is 3.99. The third-order valence-electron chi connectivity index (χ3n) is 4.96. The van der Waals surface area contributed by atoms with Gasteiger partial charge in [0.05, 0.1) is 5.60 Å². The molecule has 1 fully saturated rings. The molecule has 1 aliphatic heterocycles. The first kappa shape index (κ1) is 13.9. The van der Waals surface area contributed by atoms with Crippen LogP contribution in [0.25, 0.3) is 0 Å². The summed E-state index contributed by atoms with van der Waals surface area (Å²) in [5, 5.41) is 14.2. The second-order valence-corrected chi connectivity index (χ2v) is 6.40. The number of anilines is 1. The summed E-state index contributed by atoms with van der Waals surface area (Å²) in [6, 6.07) is 9.08. The van der Waals surface area contributed by atoms with Crippen LogP contribution in [0.3, 0.4) is 0 Å². The first-order valence-electron chi connectivity index (χ1n) is 7.95. The molecule has 3 heteroatoms. The van der Waals surface area contributed by atoms with Crippen molar-refractivity contribution in [2.24, 2.45) is 0 Å². The number of nitrogens with one attached hydrogen (secondary N) is 1. The van der Waals surface area contributed by atoms with Crippen LogP contribution in [-0.4, -0.2) is 30.8 Å². The van der Waals surface area contributed by atoms with Crippen LogP contribution in [0.4, 0.5) is 5.69 Å². The molecule has 0 bridgehead atoms. The van der Waals surface area contributed by atoms with Gasteiger partial charge in [-0.15, -0.1) is 0 Å². The average Bonchev–Trinajstić information content (AvgIpc) is 2.48. The number of fused-ring (bicyclic) bond motifs is 1. The van der Waals surface area contributed by atoms with Crippen LogP contribution in [0.5, 0.6) is 0 Å². The number of hydrogen-bond acceptors (Lipinski definition) is 3. The Morgan fingerprint density at radius 3 is 2.75 bits per heavy atom. The summed E-state index contributed by atoms with van der Waals surface area (Å²) in [5.41, 5.74) is 2.20. The van der Waals surface area contributed by atoms with E-state index in [-0.39, 0.29) is 0 Å². The Bertz CT molecular complexity index is 454. The summed E-state index contributed by atoms with van der Waals surface area (Å²) in [6.07, 6.45) is 6.66. The molecule has 0 saturated heterocycles. The smallest absolute Gasteiger partial charge is 0.0821 e. The van der Waals surface area contributed by atoms with Gasteiger partial charge < -0.3 is 15.3 Å². The van der Waals surface area contributed by atoms with Crippen LogP contribution in [0, 0.1) is 0 Å². The second kappa shape index (κ2) is 5.74. The van der Waals surface area contributed by atoms with E-state index >= 15 is 0 Å². The number of nitrogens with zero attached hydrogens (tertiary/aromatic N) is 1. The molecule has 2 aliphatic rings. The van der Waals surface area contributed by atoms with Gasteiger partial charge in [0.25, 0.3) is 0 Å². The van der Waals surface area contributed by atoms with Gasteiger partial charge in [-0.2, -0.15) is 0 Å². The largest absolute Gasteiger partial charge is 0.388 e. The van der Waals surface area contributed by atoms with E-state index in [2.05, 4.69) is 34.5 Å². The molecule has 0 aromatic heterocycles. The van der Waals surface area contributed by atoms with E-state index in [4.69, 9.17) is 0 Å². The van der Waals surface area contributed by atoms with Crippen LogP contribution >= 0.6 is 0 Å². The number of benzene rings is 1.